The molecule has 0 spiro atoms. The third-order valence-electron chi connectivity index (χ3n) is 4.24. The molecule has 0 atom stereocenters. The summed E-state index contributed by atoms with van der Waals surface area (Å²) < 4.78 is 23.0. The number of amides is 1. The van der Waals surface area contributed by atoms with Crippen molar-refractivity contribution in [2.45, 2.75) is 13.8 Å². The Kier molecular flexibility index (Phi) is 8.49. The average Bonchev–Trinajstić information content (AvgIpc) is 3.21. The lowest BCUT2D eigenvalue weighted by atomic mass is 10.1. The van der Waals surface area contributed by atoms with E-state index in [1.807, 2.05) is 37.3 Å². The highest BCUT2D eigenvalue weighted by atomic mass is 79.9. The van der Waals surface area contributed by atoms with Crippen LogP contribution < -0.4 is 19.5 Å². The van der Waals surface area contributed by atoms with Crippen molar-refractivity contribution in [2.75, 3.05) is 25.1 Å². The summed E-state index contributed by atoms with van der Waals surface area (Å²) in [6.45, 7) is 4.66. The summed E-state index contributed by atoms with van der Waals surface area (Å²) >= 11 is 3.38. The maximum Gasteiger partial charge on any atom is 0.267 e. The summed E-state index contributed by atoms with van der Waals surface area (Å²) in [5, 5.41) is 15.7. The molecule has 8 nitrogen and oxygen atoms in total. The first-order valence-corrected chi connectivity index (χ1v) is 10.9. The minimum absolute atomic E-state index is 0.0883. The molecule has 3 aromatic rings. The molecule has 2 aromatic carbocycles. The molecule has 33 heavy (non-hydrogen) atoms. The molecular formula is C24H22BrN3O5. The van der Waals surface area contributed by atoms with Crippen LogP contribution in [-0.4, -0.2) is 30.9 Å². The highest BCUT2D eigenvalue weighted by Gasteiger charge is 2.13. The number of hydrogen-bond donors (Lipinski definition) is 1. The second-order valence-corrected chi connectivity index (χ2v) is 7.65. The van der Waals surface area contributed by atoms with Crippen LogP contribution in [0.1, 0.15) is 18.2 Å². The fourth-order valence-corrected chi connectivity index (χ4v) is 3.03. The van der Waals surface area contributed by atoms with Gasteiger partial charge in [0, 0.05) is 10.5 Å². The highest BCUT2D eigenvalue weighted by molar-refractivity contribution is 9.10. The molecule has 0 bridgehead atoms. The summed E-state index contributed by atoms with van der Waals surface area (Å²) in [6, 6.07) is 16.2. The molecule has 170 valence electrons. The number of rotatable bonds is 10. The van der Waals surface area contributed by atoms with E-state index < -0.39 is 5.91 Å². The lowest BCUT2D eigenvalue weighted by Crippen LogP contribution is -2.13. The van der Waals surface area contributed by atoms with Crippen molar-refractivity contribution in [1.29, 1.82) is 5.26 Å². The van der Waals surface area contributed by atoms with Gasteiger partial charge in [-0.3, -0.25) is 4.79 Å². The number of nitrogens with one attached hydrogen (secondary N) is 1. The molecule has 1 aromatic heterocycles. The van der Waals surface area contributed by atoms with Crippen molar-refractivity contribution in [3.05, 3.63) is 69.9 Å². The van der Waals surface area contributed by atoms with Crippen LogP contribution in [0.4, 0.5) is 5.82 Å². The maximum atomic E-state index is 12.4. The predicted octanol–water partition coefficient (Wildman–Crippen LogP) is 5.15. The number of carbonyl (C=O) groups excluding carboxylic acids is 1. The van der Waals surface area contributed by atoms with Crippen LogP contribution in [0.15, 0.2) is 63.1 Å². The topological polar surface area (TPSA) is 107 Å². The molecule has 0 aliphatic carbocycles. The number of carbonyl (C=O) groups is 1. The Morgan fingerprint density at radius 3 is 2.55 bits per heavy atom. The highest BCUT2D eigenvalue weighted by Crippen LogP contribution is 2.29. The molecule has 0 fully saturated rings. The summed E-state index contributed by atoms with van der Waals surface area (Å²) in [5.74, 6) is 1.98. The Bertz CT molecular complexity index is 1170. The number of hydrogen-bond acceptors (Lipinski definition) is 7. The quantitative estimate of drug-likeness (QED) is 0.228. The van der Waals surface area contributed by atoms with Gasteiger partial charge in [0.1, 0.15) is 36.4 Å². The minimum Gasteiger partial charge on any atom is -0.490 e. The van der Waals surface area contributed by atoms with Crippen LogP contribution in [0, 0.1) is 18.3 Å². The number of aryl methyl sites for hydroxylation is 1. The minimum atomic E-state index is -0.589. The van der Waals surface area contributed by atoms with Gasteiger partial charge in [-0.2, -0.15) is 5.26 Å². The Labute approximate surface area is 199 Å². The van der Waals surface area contributed by atoms with E-state index in [1.54, 1.807) is 31.2 Å². The number of halogens is 1. The molecule has 0 unspecified atom stereocenters. The van der Waals surface area contributed by atoms with Crippen molar-refractivity contribution in [1.82, 2.24) is 5.16 Å². The van der Waals surface area contributed by atoms with Crippen LogP contribution in [0.5, 0.6) is 17.2 Å². The van der Waals surface area contributed by atoms with Crippen LogP contribution in [0.2, 0.25) is 0 Å². The van der Waals surface area contributed by atoms with Gasteiger partial charge in [0.25, 0.3) is 5.91 Å². The first kappa shape index (κ1) is 23.9. The van der Waals surface area contributed by atoms with Crippen LogP contribution >= 0.6 is 15.9 Å². The summed E-state index contributed by atoms with van der Waals surface area (Å²) in [7, 11) is 0. The van der Waals surface area contributed by atoms with E-state index in [4.69, 9.17) is 18.7 Å². The molecule has 1 amide bonds. The molecule has 0 saturated carbocycles. The average molecular weight is 512 g/mol. The van der Waals surface area contributed by atoms with Gasteiger partial charge < -0.3 is 24.1 Å². The lowest BCUT2D eigenvalue weighted by Gasteiger charge is -2.13. The first-order chi connectivity index (χ1) is 16.0. The third kappa shape index (κ3) is 7.12. The van der Waals surface area contributed by atoms with Crippen LogP contribution in [-0.2, 0) is 4.79 Å². The zero-order valence-electron chi connectivity index (χ0n) is 18.1. The monoisotopic (exact) mass is 511 g/mol. The Morgan fingerprint density at radius 2 is 1.88 bits per heavy atom. The zero-order chi connectivity index (χ0) is 23.6. The van der Waals surface area contributed by atoms with Gasteiger partial charge in [-0.05, 0) is 61.9 Å². The van der Waals surface area contributed by atoms with Gasteiger partial charge in [0.2, 0.25) is 0 Å². The maximum absolute atomic E-state index is 12.4. The van der Waals surface area contributed by atoms with E-state index >= 15 is 0 Å². The van der Waals surface area contributed by atoms with Crippen molar-refractivity contribution >= 4 is 33.7 Å². The zero-order valence-corrected chi connectivity index (χ0v) is 19.7. The summed E-state index contributed by atoms with van der Waals surface area (Å²) in [4.78, 5) is 12.4. The van der Waals surface area contributed by atoms with E-state index in [9.17, 15) is 10.1 Å². The SMILES string of the molecule is CCOc1cc(/C=C(/C#N)C(=O)Nc2cc(C)on2)ccc1OCCOc1ccc(Br)cc1. The molecule has 1 heterocycles. The normalized spacial score (nSPS) is 10.9. The fourth-order valence-electron chi connectivity index (χ4n) is 2.77. The van der Waals surface area contributed by atoms with E-state index in [0.717, 1.165) is 10.2 Å². The largest absolute Gasteiger partial charge is 0.490 e. The number of nitrogens with zero attached hydrogens (tertiary/aromatic N) is 2. The van der Waals surface area contributed by atoms with Crippen LogP contribution in [0.3, 0.4) is 0 Å². The molecule has 0 aliphatic heterocycles. The molecule has 3 rings (SSSR count). The number of aromatic nitrogens is 1. The summed E-state index contributed by atoms with van der Waals surface area (Å²) in [6.07, 6.45) is 1.46. The van der Waals surface area contributed by atoms with Gasteiger partial charge >= 0.3 is 0 Å². The molecule has 0 radical (unpaired) electrons. The Hall–Kier alpha value is -3.77. The van der Waals surface area contributed by atoms with E-state index in [2.05, 4.69) is 26.4 Å². The molecule has 0 aliphatic rings. The molecule has 0 saturated heterocycles. The molecule has 9 heteroatoms. The van der Waals surface area contributed by atoms with Crippen molar-refractivity contribution in [3.63, 3.8) is 0 Å². The third-order valence-corrected chi connectivity index (χ3v) is 4.77. The first-order valence-electron chi connectivity index (χ1n) is 10.1. The van der Waals surface area contributed by atoms with Gasteiger partial charge in [-0.1, -0.05) is 27.2 Å². The van der Waals surface area contributed by atoms with Crippen molar-refractivity contribution in [2.24, 2.45) is 0 Å². The smallest absolute Gasteiger partial charge is 0.267 e. The predicted molar refractivity (Wildman–Crippen MR) is 126 cm³/mol. The molecular weight excluding hydrogens is 490 g/mol. The van der Waals surface area contributed by atoms with Gasteiger partial charge in [0.15, 0.2) is 17.3 Å². The van der Waals surface area contributed by atoms with Gasteiger partial charge in [-0.15, -0.1) is 0 Å². The van der Waals surface area contributed by atoms with E-state index in [-0.39, 0.29) is 11.4 Å². The van der Waals surface area contributed by atoms with Crippen molar-refractivity contribution in [3.8, 4) is 23.3 Å². The van der Waals surface area contributed by atoms with E-state index in [0.29, 0.717) is 42.6 Å². The number of ether oxygens (including phenoxy) is 3. The number of anilines is 1. The second-order valence-electron chi connectivity index (χ2n) is 6.74. The van der Waals surface area contributed by atoms with Gasteiger partial charge in [0.05, 0.1) is 6.61 Å². The fraction of sp³-hybridized carbons (Fsp3) is 0.208. The second kappa shape index (κ2) is 11.7. The van der Waals surface area contributed by atoms with Crippen molar-refractivity contribution < 1.29 is 23.5 Å². The standard InChI is InChI=1S/C24H22BrN3O5/c1-3-30-22-14-17(13-18(15-26)24(29)27-23-12-16(2)33-28-23)4-9-21(22)32-11-10-31-20-7-5-19(25)6-8-20/h4-9,12-14H,3,10-11H2,1-2H3,(H,27,28,29)/b18-13-. The van der Waals surface area contributed by atoms with E-state index in [1.165, 1.54) is 6.08 Å². The Morgan fingerprint density at radius 1 is 1.12 bits per heavy atom. The summed E-state index contributed by atoms with van der Waals surface area (Å²) in [5.41, 5.74) is 0.523. The lowest BCUT2D eigenvalue weighted by molar-refractivity contribution is -0.112. The Balaban J connectivity index is 1.65. The van der Waals surface area contributed by atoms with Crippen LogP contribution in [0.25, 0.3) is 6.08 Å². The van der Waals surface area contributed by atoms with Gasteiger partial charge in [-0.25, -0.2) is 0 Å². The number of benzene rings is 2. The number of nitriles is 1. The molecule has 1 N–H and O–H groups in total.